The van der Waals surface area contributed by atoms with Crippen molar-refractivity contribution < 1.29 is 14.6 Å². The largest absolute Gasteiger partial charge is 0.392 e. The Labute approximate surface area is 219 Å². The standard InChI is InChI=1S/C28H29N3O3S2/c1-18-30-31-28(36-18)35-17-25-14-26(21-10-8-19(16-32)9-11-21)34-27(33-25)24-7-3-6-23(13-24)22-5-2-4-20(12-22)15-29/h2-13,25-27,32H,14-17,29H2,1H3. The molecule has 0 radical (unpaired) electrons. The van der Waals surface area contributed by atoms with E-state index >= 15 is 0 Å². The van der Waals surface area contributed by atoms with Crippen LogP contribution in [0.3, 0.4) is 0 Å². The summed E-state index contributed by atoms with van der Waals surface area (Å²) in [7, 11) is 0. The zero-order valence-electron chi connectivity index (χ0n) is 20.0. The lowest BCUT2D eigenvalue weighted by Gasteiger charge is -2.36. The number of aliphatic hydroxyl groups is 1. The van der Waals surface area contributed by atoms with Gasteiger partial charge in [-0.05, 0) is 46.9 Å². The molecule has 36 heavy (non-hydrogen) atoms. The SMILES string of the molecule is Cc1nnc(SCC2CC(c3ccc(CO)cc3)OC(c3cccc(-c4cccc(CN)c4)c3)O2)s1. The highest BCUT2D eigenvalue weighted by Gasteiger charge is 2.32. The maximum atomic E-state index is 9.43. The Balaban J connectivity index is 1.40. The van der Waals surface area contributed by atoms with E-state index in [1.54, 1.807) is 23.1 Å². The maximum Gasteiger partial charge on any atom is 0.184 e. The quantitative estimate of drug-likeness (QED) is 0.284. The van der Waals surface area contributed by atoms with E-state index in [1.807, 2.05) is 49.4 Å². The number of aromatic nitrogens is 2. The molecule has 6 nitrogen and oxygen atoms in total. The summed E-state index contributed by atoms with van der Waals surface area (Å²) in [6.45, 7) is 2.49. The lowest BCUT2D eigenvalue weighted by molar-refractivity contribution is -0.245. The van der Waals surface area contributed by atoms with Gasteiger partial charge in [0.05, 0.1) is 18.8 Å². The number of hydrogen-bond donors (Lipinski definition) is 2. The number of rotatable bonds is 8. The molecule has 3 N–H and O–H groups in total. The molecule has 3 aromatic carbocycles. The lowest BCUT2D eigenvalue weighted by atomic mass is 9.99. The number of aryl methyl sites for hydroxylation is 1. The fraction of sp³-hybridized carbons (Fsp3) is 0.286. The van der Waals surface area contributed by atoms with Gasteiger partial charge in [0.25, 0.3) is 0 Å². The minimum atomic E-state index is -0.499. The summed E-state index contributed by atoms with van der Waals surface area (Å²) < 4.78 is 14.0. The summed E-state index contributed by atoms with van der Waals surface area (Å²) in [6, 6.07) is 24.6. The highest BCUT2D eigenvalue weighted by Crippen LogP contribution is 2.40. The zero-order chi connectivity index (χ0) is 24.9. The molecule has 5 rings (SSSR count). The molecule has 1 aliphatic rings. The van der Waals surface area contributed by atoms with Gasteiger partial charge in [0.1, 0.15) is 5.01 Å². The van der Waals surface area contributed by atoms with Gasteiger partial charge in [-0.2, -0.15) is 0 Å². The fourth-order valence-corrected chi connectivity index (χ4v) is 6.13. The van der Waals surface area contributed by atoms with E-state index in [0.717, 1.165) is 54.9 Å². The summed E-state index contributed by atoms with van der Waals surface area (Å²) >= 11 is 3.27. The summed E-state index contributed by atoms with van der Waals surface area (Å²) in [5.41, 5.74) is 12.1. The van der Waals surface area contributed by atoms with Gasteiger partial charge in [-0.15, -0.1) is 10.2 Å². The van der Waals surface area contributed by atoms with Crippen LogP contribution < -0.4 is 5.73 Å². The van der Waals surface area contributed by atoms with Crippen molar-refractivity contribution in [1.82, 2.24) is 10.2 Å². The minimum absolute atomic E-state index is 0.0234. The second-order valence-corrected chi connectivity index (χ2v) is 11.2. The smallest absolute Gasteiger partial charge is 0.184 e. The highest BCUT2D eigenvalue weighted by molar-refractivity contribution is 8.01. The number of hydrogen-bond acceptors (Lipinski definition) is 8. The van der Waals surface area contributed by atoms with E-state index in [0.29, 0.717) is 6.54 Å². The molecule has 1 fully saturated rings. The topological polar surface area (TPSA) is 90.5 Å². The number of benzene rings is 3. The van der Waals surface area contributed by atoms with Gasteiger partial charge >= 0.3 is 0 Å². The van der Waals surface area contributed by atoms with Crippen LogP contribution in [0.1, 0.15) is 46.1 Å². The minimum Gasteiger partial charge on any atom is -0.392 e. The van der Waals surface area contributed by atoms with Gasteiger partial charge in [-0.1, -0.05) is 83.8 Å². The van der Waals surface area contributed by atoms with Crippen molar-refractivity contribution in [2.45, 2.75) is 49.3 Å². The summed E-state index contributed by atoms with van der Waals surface area (Å²) in [5.74, 6) is 0.762. The first-order valence-electron chi connectivity index (χ1n) is 11.9. The van der Waals surface area contributed by atoms with E-state index in [-0.39, 0.29) is 18.8 Å². The van der Waals surface area contributed by atoms with E-state index in [4.69, 9.17) is 15.2 Å². The number of thioether (sulfide) groups is 1. The molecular formula is C28H29N3O3S2. The van der Waals surface area contributed by atoms with Crippen molar-refractivity contribution in [1.29, 1.82) is 0 Å². The average Bonchev–Trinajstić information content (AvgIpc) is 3.37. The van der Waals surface area contributed by atoms with Gasteiger partial charge in [0.2, 0.25) is 0 Å². The Bertz CT molecular complexity index is 1300. The Morgan fingerprint density at radius 3 is 2.44 bits per heavy atom. The van der Waals surface area contributed by atoms with Crippen molar-refractivity contribution in [3.05, 3.63) is 100 Å². The molecule has 4 aromatic rings. The Morgan fingerprint density at radius 2 is 1.72 bits per heavy atom. The molecule has 0 saturated carbocycles. The molecule has 1 saturated heterocycles. The second kappa shape index (κ2) is 11.6. The fourth-order valence-electron chi connectivity index (χ4n) is 4.27. The molecule has 1 aliphatic heterocycles. The van der Waals surface area contributed by atoms with Crippen molar-refractivity contribution in [2.75, 3.05) is 5.75 Å². The first kappa shape index (κ1) is 25.1. The summed E-state index contributed by atoms with van der Waals surface area (Å²) in [5, 5.41) is 18.8. The van der Waals surface area contributed by atoms with Crippen molar-refractivity contribution >= 4 is 23.1 Å². The van der Waals surface area contributed by atoms with Crippen molar-refractivity contribution in [3.8, 4) is 11.1 Å². The zero-order valence-corrected chi connectivity index (χ0v) is 21.7. The Kier molecular flexibility index (Phi) is 8.11. The van der Waals surface area contributed by atoms with E-state index < -0.39 is 6.29 Å². The van der Waals surface area contributed by atoms with Gasteiger partial charge in [0, 0.05) is 24.3 Å². The van der Waals surface area contributed by atoms with Crippen LogP contribution in [0.25, 0.3) is 11.1 Å². The van der Waals surface area contributed by atoms with Crippen LogP contribution in [-0.2, 0) is 22.6 Å². The molecule has 0 amide bonds. The Morgan fingerprint density at radius 1 is 0.944 bits per heavy atom. The molecule has 3 atom stereocenters. The average molecular weight is 520 g/mol. The normalized spacial score (nSPS) is 19.9. The van der Waals surface area contributed by atoms with Gasteiger partial charge in [0.15, 0.2) is 10.6 Å². The van der Waals surface area contributed by atoms with Crippen LogP contribution in [-0.4, -0.2) is 27.2 Å². The van der Waals surface area contributed by atoms with Crippen LogP contribution in [0.4, 0.5) is 0 Å². The number of nitrogens with zero attached hydrogens (tertiary/aromatic N) is 2. The van der Waals surface area contributed by atoms with E-state index in [1.165, 1.54) is 0 Å². The van der Waals surface area contributed by atoms with Gasteiger partial charge < -0.3 is 20.3 Å². The molecule has 0 aliphatic carbocycles. The first-order chi connectivity index (χ1) is 17.6. The van der Waals surface area contributed by atoms with E-state index in [9.17, 15) is 5.11 Å². The second-order valence-electron chi connectivity index (χ2n) is 8.78. The maximum absolute atomic E-state index is 9.43. The molecule has 8 heteroatoms. The Hall–Kier alpha value is -2.59. The van der Waals surface area contributed by atoms with Gasteiger partial charge in [-0.3, -0.25) is 0 Å². The molecule has 186 valence electrons. The molecule has 3 unspecified atom stereocenters. The molecule has 0 bridgehead atoms. The van der Waals surface area contributed by atoms with Crippen LogP contribution in [0.15, 0.2) is 77.1 Å². The highest BCUT2D eigenvalue weighted by atomic mass is 32.2. The molecule has 0 spiro atoms. The third kappa shape index (κ3) is 6.03. The summed E-state index contributed by atoms with van der Waals surface area (Å²) in [4.78, 5) is 0. The van der Waals surface area contributed by atoms with E-state index in [2.05, 4.69) is 40.5 Å². The monoisotopic (exact) mass is 519 g/mol. The van der Waals surface area contributed by atoms with Crippen LogP contribution in [0, 0.1) is 6.92 Å². The number of aliphatic hydroxyl groups excluding tert-OH is 1. The third-order valence-electron chi connectivity index (χ3n) is 6.17. The van der Waals surface area contributed by atoms with Crippen molar-refractivity contribution in [3.63, 3.8) is 0 Å². The molecule has 1 aromatic heterocycles. The lowest BCUT2D eigenvalue weighted by Crippen LogP contribution is -2.31. The predicted octanol–water partition coefficient (Wildman–Crippen LogP) is 5.80. The number of ether oxygens (including phenoxy) is 2. The van der Waals surface area contributed by atoms with Crippen LogP contribution >= 0.6 is 23.1 Å². The third-order valence-corrected chi connectivity index (χ3v) is 8.27. The van der Waals surface area contributed by atoms with Crippen LogP contribution in [0.2, 0.25) is 0 Å². The van der Waals surface area contributed by atoms with Crippen molar-refractivity contribution in [2.24, 2.45) is 5.73 Å². The first-order valence-corrected chi connectivity index (χ1v) is 13.7. The predicted molar refractivity (Wildman–Crippen MR) is 144 cm³/mol. The summed E-state index contributed by atoms with van der Waals surface area (Å²) in [6.07, 6.45) is 0.0886. The molecular weight excluding hydrogens is 490 g/mol. The van der Waals surface area contributed by atoms with Gasteiger partial charge in [-0.25, -0.2) is 0 Å². The molecule has 2 heterocycles. The number of nitrogens with two attached hydrogens (primary N) is 1. The van der Waals surface area contributed by atoms with Crippen LogP contribution in [0.5, 0.6) is 0 Å².